The molecule has 1 aromatic carbocycles. The van der Waals surface area contributed by atoms with Crippen molar-refractivity contribution in [3.63, 3.8) is 0 Å². The molecule has 10 nitrogen and oxygen atoms in total. The van der Waals surface area contributed by atoms with E-state index in [4.69, 9.17) is 4.74 Å². The standard InChI is InChI=1S/C26H30F4N8O2/c1-18-21(38(34-31-18)20-4-2-19(3-5-20)25(27)28)17-40-23-7-6-22(32-33-23)37-15-14-36(24(39)16-37)13-12-35-10-8-26(29,30)9-11-35/h2-7,25H,8-17H2,1H3. The zero-order chi connectivity index (χ0) is 28.3. The van der Waals surface area contributed by atoms with Gasteiger partial charge in [-0.2, -0.15) is 0 Å². The Hall–Kier alpha value is -3.81. The van der Waals surface area contributed by atoms with E-state index in [1.165, 1.54) is 16.8 Å². The van der Waals surface area contributed by atoms with Gasteiger partial charge in [0.05, 0.1) is 17.9 Å². The van der Waals surface area contributed by atoms with Gasteiger partial charge >= 0.3 is 0 Å². The SMILES string of the molecule is Cc1nnn(-c2ccc(C(F)F)cc2)c1COc1ccc(N2CCN(CCN3CCC(F)(F)CC3)C(=O)C2)nn1. The van der Waals surface area contributed by atoms with Crippen LogP contribution in [0.2, 0.25) is 0 Å². The van der Waals surface area contributed by atoms with Gasteiger partial charge in [-0.15, -0.1) is 15.3 Å². The molecule has 0 unspecified atom stereocenters. The summed E-state index contributed by atoms with van der Waals surface area (Å²) in [5, 5.41) is 16.5. The zero-order valence-electron chi connectivity index (χ0n) is 22.0. The third kappa shape index (κ3) is 6.49. The number of piperidine rings is 1. The number of hydrogen-bond donors (Lipinski definition) is 0. The Kier molecular flexibility index (Phi) is 8.14. The fraction of sp³-hybridized carbons (Fsp3) is 0.500. The number of amides is 1. The van der Waals surface area contributed by atoms with Gasteiger partial charge in [0, 0.05) is 63.7 Å². The number of anilines is 1. The second kappa shape index (κ2) is 11.7. The van der Waals surface area contributed by atoms with Gasteiger partial charge in [-0.1, -0.05) is 17.3 Å². The molecule has 0 radical (unpaired) electrons. The number of likely N-dealkylation sites (tertiary alicyclic amines) is 1. The number of aromatic nitrogens is 5. The van der Waals surface area contributed by atoms with E-state index in [1.807, 2.05) is 9.80 Å². The van der Waals surface area contributed by atoms with Gasteiger partial charge in [-0.05, 0) is 25.1 Å². The van der Waals surface area contributed by atoms with Crippen LogP contribution in [-0.2, 0) is 11.4 Å². The van der Waals surface area contributed by atoms with E-state index < -0.39 is 12.3 Å². The van der Waals surface area contributed by atoms with Crippen molar-refractivity contribution in [2.24, 2.45) is 0 Å². The molecule has 0 bridgehead atoms. The van der Waals surface area contributed by atoms with E-state index >= 15 is 0 Å². The number of nitrogens with zero attached hydrogens (tertiary/aromatic N) is 8. The first-order chi connectivity index (χ1) is 19.2. The van der Waals surface area contributed by atoms with Crippen molar-refractivity contribution in [1.82, 2.24) is 35.0 Å². The van der Waals surface area contributed by atoms with Gasteiger partial charge in [0.2, 0.25) is 11.8 Å². The fourth-order valence-electron chi connectivity index (χ4n) is 4.72. The summed E-state index contributed by atoms with van der Waals surface area (Å²) in [6.45, 7) is 4.88. The van der Waals surface area contributed by atoms with Crippen molar-refractivity contribution in [3.05, 3.63) is 53.3 Å². The zero-order valence-corrected chi connectivity index (χ0v) is 22.0. The highest BCUT2D eigenvalue weighted by Crippen LogP contribution is 2.27. The van der Waals surface area contributed by atoms with E-state index in [-0.39, 0.29) is 43.3 Å². The average molecular weight is 563 g/mol. The van der Waals surface area contributed by atoms with Gasteiger partial charge in [-0.25, -0.2) is 22.2 Å². The number of ether oxygens (including phenoxy) is 1. The Morgan fingerprint density at radius 1 is 0.950 bits per heavy atom. The molecule has 5 rings (SSSR count). The number of rotatable bonds is 9. The molecule has 0 aliphatic carbocycles. The van der Waals surface area contributed by atoms with Crippen molar-refractivity contribution >= 4 is 11.7 Å². The van der Waals surface area contributed by atoms with Crippen LogP contribution in [-0.4, -0.2) is 92.6 Å². The number of hydrogen-bond acceptors (Lipinski definition) is 8. The number of aryl methyl sites for hydroxylation is 1. The van der Waals surface area contributed by atoms with Crippen molar-refractivity contribution in [1.29, 1.82) is 0 Å². The van der Waals surface area contributed by atoms with Crippen molar-refractivity contribution < 1.29 is 27.1 Å². The second-order valence-electron chi connectivity index (χ2n) is 9.94. The number of piperazine rings is 1. The van der Waals surface area contributed by atoms with Crippen molar-refractivity contribution in [2.75, 3.05) is 50.7 Å². The highest BCUT2D eigenvalue weighted by atomic mass is 19.3. The molecule has 2 aliphatic rings. The van der Waals surface area contributed by atoms with Crippen LogP contribution in [0, 0.1) is 6.92 Å². The topological polar surface area (TPSA) is 92.5 Å². The van der Waals surface area contributed by atoms with E-state index in [0.29, 0.717) is 62.2 Å². The Balaban J connectivity index is 1.12. The highest BCUT2D eigenvalue weighted by molar-refractivity contribution is 5.82. The van der Waals surface area contributed by atoms with Crippen LogP contribution in [0.25, 0.3) is 5.69 Å². The molecule has 1 amide bonds. The van der Waals surface area contributed by atoms with E-state index in [9.17, 15) is 22.4 Å². The molecule has 2 aliphatic heterocycles. The van der Waals surface area contributed by atoms with Crippen LogP contribution >= 0.6 is 0 Å². The first-order valence-electron chi connectivity index (χ1n) is 13.1. The van der Waals surface area contributed by atoms with Crippen LogP contribution in [0.1, 0.15) is 36.2 Å². The lowest BCUT2D eigenvalue weighted by molar-refractivity contribution is -0.131. The molecular formula is C26H30F4N8O2. The molecule has 40 heavy (non-hydrogen) atoms. The van der Waals surface area contributed by atoms with Crippen LogP contribution < -0.4 is 9.64 Å². The second-order valence-corrected chi connectivity index (χ2v) is 9.94. The molecule has 214 valence electrons. The van der Waals surface area contributed by atoms with E-state index in [2.05, 4.69) is 20.5 Å². The number of benzene rings is 1. The maximum Gasteiger partial charge on any atom is 0.263 e. The summed E-state index contributed by atoms with van der Waals surface area (Å²) < 4.78 is 59.8. The van der Waals surface area contributed by atoms with Crippen LogP contribution in [0.4, 0.5) is 23.4 Å². The number of carbonyl (C=O) groups excluding carboxylic acids is 1. The monoisotopic (exact) mass is 562 g/mol. The van der Waals surface area contributed by atoms with Gasteiger partial charge in [0.15, 0.2) is 5.82 Å². The van der Waals surface area contributed by atoms with Gasteiger partial charge < -0.3 is 19.4 Å². The van der Waals surface area contributed by atoms with Gasteiger partial charge in [0.25, 0.3) is 12.3 Å². The molecule has 14 heteroatoms. The molecule has 4 heterocycles. The smallest absolute Gasteiger partial charge is 0.263 e. The van der Waals surface area contributed by atoms with Crippen LogP contribution in [0.3, 0.4) is 0 Å². The summed E-state index contributed by atoms with van der Waals surface area (Å²) in [7, 11) is 0. The lowest BCUT2D eigenvalue weighted by Gasteiger charge is -2.37. The van der Waals surface area contributed by atoms with Crippen molar-refractivity contribution in [2.45, 2.75) is 38.7 Å². The normalized spacial score (nSPS) is 18.0. The minimum Gasteiger partial charge on any atom is -0.470 e. The third-order valence-electron chi connectivity index (χ3n) is 7.25. The Labute approximate surface area is 228 Å². The minimum absolute atomic E-state index is 0.0477. The van der Waals surface area contributed by atoms with Gasteiger partial charge in [-0.3, -0.25) is 4.79 Å². The molecule has 0 spiro atoms. The summed E-state index contributed by atoms with van der Waals surface area (Å²) in [4.78, 5) is 18.3. The number of alkyl halides is 4. The van der Waals surface area contributed by atoms with Crippen LogP contribution in [0.5, 0.6) is 5.88 Å². The summed E-state index contributed by atoms with van der Waals surface area (Å²) in [6, 6.07) is 9.16. The summed E-state index contributed by atoms with van der Waals surface area (Å²) in [5.41, 5.74) is 1.75. The van der Waals surface area contributed by atoms with E-state index in [1.54, 1.807) is 36.1 Å². The summed E-state index contributed by atoms with van der Waals surface area (Å²) >= 11 is 0. The minimum atomic E-state index is -2.58. The largest absolute Gasteiger partial charge is 0.470 e. The number of carbonyl (C=O) groups is 1. The molecular weight excluding hydrogens is 532 g/mol. The molecule has 3 aromatic rings. The lowest BCUT2D eigenvalue weighted by atomic mass is 10.1. The third-order valence-corrected chi connectivity index (χ3v) is 7.25. The summed E-state index contributed by atoms with van der Waals surface area (Å²) in [6.07, 6.45) is -2.82. The fourth-order valence-corrected chi connectivity index (χ4v) is 4.72. The predicted molar refractivity (Wildman–Crippen MR) is 137 cm³/mol. The maximum atomic E-state index is 13.4. The van der Waals surface area contributed by atoms with Gasteiger partial charge in [0.1, 0.15) is 12.3 Å². The van der Waals surface area contributed by atoms with E-state index in [0.717, 1.165) is 0 Å². The lowest BCUT2D eigenvalue weighted by Crippen LogP contribution is -2.53. The quantitative estimate of drug-likeness (QED) is 0.367. The molecule has 0 atom stereocenters. The summed E-state index contributed by atoms with van der Waals surface area (Å²) in [5.74, 6) is -1.82. The van der Waals surface area contributed by atoms with Crippen LogP contribution in [0.15, 0.2) is 36.4 Å². The average Bonchev–Trinajstić information content (AvgIpc) is 3.32. The molecule has 2 aromatic heterocycles. The molecule has 2 fully saturated rings. The Bertz CT molecular complexity index is 1290. The Morgan fingerprint density at radius 3 is 2.35 bits per heavy atom. The molecule has 0 saturated carbocycles. The van der Waals surface area contributed by atoms with Crippen molar-refractivity contribution in [3.8, 4) is 11.6 Å². The Morgan fingerprint density at radius 2 is 1.70 bits per heavy atom. The predicted octanol–water partition coefficient (Wildman–Crippen LogP) is 3.26. The first kappa shape index (κ1) is 27.7. The molecule has 2 saturated heterocycles. The maximum absolute atomic E-state index is 13.4. The highest BCUT2D eigenvalue weighted by Gasteiger charge is 2.34. The molecule has 0 N–H and O–H groups in total. The number of halogens is 4. The first-order valence-corrected chi connectivity index (χ1v) is 13.1.